The van der Waals surface area contributed by atoms with E-state index in [0.29, 0.717) is 29.9 Å². The Morgan fingerprint density at radius 2 is 1.62 bits per heavy atom. The van der Waals surface area contributed by atoms with Gasteiger partial charge in [0.05, 0.1) is 18.5 Å². The van der Waals surface area contributed by atoms with E-state index in [2.05, 4.69) is 0 Å². The molecule has 2 atom stereocenters. The highest BCUT2D eigenvalue weighted by atomic mass is 19.4. The molecule has 4 N–H and O–H groups in total. The molecule has 0 saturated heterocycles. The highest BCUT2D eigenvalue weighted by Crippen LogP contribution is 2.37. The van der Waals surface area contributed by atoms with Crippen LogP contribution in [0.15, 0.2) is 27.0 Å². The minimum Gasteiger partial charge on any atom is -0.465 e. The summed E-state index contributed by atoms with van der Waals surface area (Å²) in [4.78, 5) is 0. The highest BCUT2D eigenvalue weighted by Gasteiger charge is 2.34. The Labute approximate surface area is 151 Å². The molecule has 146 valence electrons. The normalized spacial score (nSPS) is 15.3. The van der Waals surface area contributed by atoms with Gasteiger partial charge in [0.1, 0.15) is 23.0 Å². The Bertz CT molecular complexity index is 731. The maximum absolute atomic E-state index is 12.7. The van der Waals surface area contributed by atoms with Crippen molar-refractivity contribution in [2.75, 3.05) is 0 Å². The van der Waals surface area contributed by atoms with Gasteiger partial charge in [0, 0.05) is 0 Å². The van der Waals surface area contributed by atoms with Crippen LogP contribution in [0.1, 0.15) is 67.4 Å². The Balaban J connectivity index is 2.13. The van der Waals surface area contributed by atoms with Crippen LogP contribution >= 0.6 is 0 Å². The van der Waals surface area contributed by atoms with E-state index in [1.807, 2.05) is 32.9 Å². The summed E-state index contributed by atoms with van der Waals surface area (Å²) in [6, 6.07) is 3.96. The molecular formula is C19H27F3N2O2. The Morgan fingerprint density at radius 3 is 2.15 bits per heavy atom. The van der Waals surface area contributed by atoms with E-state index in [9.17, 15) is 13.2 Å². The van der Waals surface area contributed by atoms with Crippen molar-refractivity contribution in [3.8, 4) is 0 Å². The lowest BCUT2D eigenvalue weighted by molar-refractivity contribution is -0.139. The largest absolute Gasteiger partial charge is 0.465 e. The molecule has 4 nitrogen and oxygen atoms in total. The van der Waals surface area contributed by atoms with Crippen molar-refractivity contribution in [2.45, 2.75) is 65.2 Å². The summed E-state index contributed by atoms with van der Waals surface area (Å²) in [6.45, 7) is 7.59. The van der Waals surface area contributed by atoms with Crippen LogP contribution in [0.4, 0.5) is 13.2 Å². The fraction of sp³-hybridized carbons (Fsp3) is 0.579. The molecule has 0 aliphatic heterocycles. The number of alkyl halides is 3. The number of nitrogens with two attached hydrogens (primary N) is 2. The van der Waals surface area contributed by atoms with Crippen molar-refractivity contribution in [2.24, 2.45) is 16.9 Å². The van der Waals surface area contributed by atoms with Gasteiger partial charge >= 0.3 is 6.18 Å². The van der Waals surface area contributed by atoms with Crippen molar-refractivity contribution in [3.63, 3.8) is 0 Å². The van der Waals surface area contributed by atoms with E-state index in [1.165, 1.54) is 0 Å². The first-order valence-electron chi connectivity index (χ1n) is 8.60. The van der Waals surface area contributed by atoms with Crippen LogP contribution in [-0.4, -0.2) is 6.18 Å². The first-order valence-corrected chi connectivity index (χ1v) is 8.60. The number of furan rings is 2. The summed E-state index contributed by atoms with van der Waals surface area (Å²) in [5, 5.41) is 0. The second kappa shape index (κ2) is 7.48. The van der Waals surface area contributed by atoms with Crippen LogP contribution in [0.2, 0.25) is 0 Å². The molecule has 0 saturated carbocycles. The second-order valence-electron chi connectivity index (χ2n) is 7.77. The number of rotatable bonds is 7. The van der Waals surface area contributed by atoms with Crippen LogP contribution in [0.25, 0.3) is 0 Å². The molecule has 2 rings (SSSR count). The van der Waals surface area contributed by atoms with Gasteiger partial charge in [0.25, 0.3) is 0 Å². The minimum absolute atomic E-state index is 0.204. The molecule has 0 fully saturated rings. The van der Waals surface area contributed by atoms with Gasteiger partial charge in [-0.3, -0.25) is 0 Å². The monoisotopic (exact) mass is 372 g/mol. The molecule has 0 aliphatic carbocycles. The molecule has 2 heterocycles. The topological polar surface area (TPSA) is 78.3 Å². The van der Waals surface area contributed by atoms with Gasteiger partial charge in [-0.2, -0.15) is 13.2 Å². The zero-order valence-electron chi connectivity index (χ0n) is 15.6. The average molecular weight is 372 g/mol. The number of hydrogen-bond donors (Lipinski definition) is 2. The van der Waals surface area contributed by atoms with Crippen molar-refractivity contribution >= 4 is 0 Å². The quantitative estimate of drug-likeness (QED) is 0.709. The van der Waals surface area contributed by atoms with Crippen molar-refractivity contribution in [3.05, 3.63) is 46.8 Å². The Hall–Kier alpha value is -1.73. The molecule has 0 spiro atoms. The predicted octanol–water partition coefficient (Wildman–Crippen LogP) is 5.10. The van der Waals surface area contributed by atoms with E-state index >= 15 is 0 Å². The van der Waals surface area contributed by atoms with Crippen LogP contribution in [-0.2, 0) is 6.42 Å². The smallest absolute Gasteiger partial charge is 0.391 e. The van der Waals surface area contributed by atoms with Gasteiger partial charge in [0.15, 0.2) is 0 Å². The fourth-order valence-electron chi connectivity index (χ4n) is 3.32. The number of halogens is 3. The standard InChI is InChI=1S/C19H27F3N2O2/c1-11-5-6-16(25-11)14(23)9-18(3,4)8-13-7-12(2)26-17(13)15(24)10-19(20,21)22/h5-7,14-15H,8-10,23-24H2,1-4H3. The van der Waals surface area contributed by atoms with E-state index in [1.54, 1.807) is 13.0 Å². The highest BCUT2D eigenvalue weighted by molar-refractivity contribution is 5.25. The average Bonchev–Trinajstić information content (AvgIpc) is 3.02. The molecule has 0 bridgehead atoms. The summed E-state index contributed by atoms with van der Waals surface area (Å²) in [5.74, 6) is 2.25. The SMILES string of the molecule is Cc1ccc(C(N)CC(C)(C)Cc2cc(C)oc2C(N)CC(F)(F)F)o1. The second-order valence-corrected chi connectivity index (χ2v) is 7.77. The molecule has 2 aromatic heterocycles. The molecule has 0 amide bonds. The molecule has 2 unspecified atom stereocenters. The van der Waals surface area contributed by atoms with Gasteiger partial charge in [-0.1, -0.05) is 13.8 Å². The minimum atomic E-state index is -4.34. The third-order valence-electron chi connectivity index (χ3n) is 4.32. The van der Waals surface area contributed by atoms with E-state index in [4.69, 9.17) is 20.3 Å². The molecular weight excluding hydrogens is 345 g/mol. The summed E-state index contributed by atoms with van der Waals surface area (Å²) < 4.78 is 49.1. The van der Waals surface area contributed by atoms with Crippen LogP contribution in [0, 0.1) is 19.3 Å². The summed E-state index contributed by atoms with van der Waals surface area (Å²) in [7, 11) is 0. The summed E-state index contributed by atoms with van der Waals surface area (Å²) >= 11 is 0. The lowest BCUT2D eigenvalue weighted by Gasteiger charge is -2.27. The Kier molecular flexibility index (Phi) is 5.92. The van der Waals surface area contributed by atoms with Gasteiger partial charge in [-0.05, 0) is 55.9 Å². The zero-order chi connectivity index (χ0) is 19.7. The molecule has 0 radical (unpaired) electrons. The van der Waals surface area contributed by atoms with Crippen molar-refractivity contribution < 1.29 is 22.0 Å². The van der Waals surface area contributed by atoms with Gasteiger partial charge in [-0.25, -0.2) is 0 Å². The van der Waals surface area contributed by atoms with Gasteiger partial charge in [0.2, 0.25) is 0 Å². The molecule has 2 aromatic rings. The predicted molar refractivity (Wildman–Crippen MR) is 93.5 cm³/mol. The fourth-order valence-corrected chi connectivity index (χ4v) is 3.32. The first kappa shape index (κ1) is 20.6. The zero-order valence-corrected chi connectivity index (χ0v) is 15.6. The molecule has 0 aliphatic rings. The lowest BCUT2D eigenvalue weighted by atomic mass is 9.79. The third-order valence-corrected chi connectivity index (χ3v) is 4.32. The van der Waals surface area contributed by atoms with Crippen molar-refractivity contribution in [1.29, 1.82) is 0 Å². The molecule has 7 heteroatoms. The number of aryl methyl sites for hydroxylation is 2. The molecule has 26 heavy (non-hydrogen) atoms. The van der Waals surface area contributed by atoms with Crippen LogP contribution in [0.3, 0.4) is 0 Å². The van der Waals surface area contributed by atoms with E-state index in [0.717, 1.165) is 5.76 Å². The van der Waals surface area contributed by atoms with Crippen LogP contribution < -0.4 is 11.5 Å². The molecule has 0 aromatic carbocycles. The van der Waals surface area contributed by atoms with E-state index < -0.39 is 18.6 Å². The first-order chi connectivity index (χ1) is 11.9. The van der Waals surface area contributed by atoms with Crippen LogP contribution in [0.5, 0.6) is 0 Å². The Morgan fingerprint density at radius 1 is 0.962 bits per heavy atom. The maximum atomic E-state index is 12.7. The van der Waals surface area contributed by atoms with Gasteiger partial charge in [-0.15, -0.1) is 0 Å². The van der Waals surface area contributed by atoms with Crippen molar-refractivity contribution in [1.82, 2.24) is 0 Å². The van der Waals surface area contributed by atoms with E-state index in [-0.39, 0.29) is 17.2 Å². The third kappa shape index (κ3) is 5.64. The number of hydrogen-bond acceptors (Lipinski definition) is 4. The lowest BCUT2D eigenvalue weighted by Crippen LogP contribution is -2.25. The van der Waals surface area contributed by atoms with Gasteiger partial charge < -0.3 is 20.3 Å². The summed E-state index contributed by atoms with van der Waals surface area (Å²) in [5.41, 5.74) is 12.4. The summed E-state index contributed by atoms with van der Waals surface area (Å²) in [6.07, 6.45) is -4.33. The maximum Gasteiger partial charge on any atom is 0.391 e.